The molecule has 0 bridgehead atoms. The van der Waals surface area contributed by atoms with Crippen molar-refractivity contribution in [3.05, 3.63) is 33.2 Å². The number of rotatable bonds is 1. The molecule has 0 atom stereocenters. The molecule has 0 spiro atoms. The summed E-state index contributed by atoms with van der Waals surface area (Å²) in [6, 6.07) is 4.11. The van der Waals surface area contributed by atoms with Gasteiger partial charge >= 0.3 is 5.69 Å². The topological polar surface area (TPSA) is 49.8 Å². The SMILES string of the molecule is Cc1cc2[nH]c(=O)n(C3CCNCC3)c2cc1Cl.Cl. The first kappa shape index (κ1) is 14.4. The molecule has 4 nitrogen and oxygen atoms in total. The van der Waals surface area contributed by atoms with Gasteiger partial charge in [0, 0.05) is 11.1 Å². The number of hydrogen-bond donors (Lipinski definition) is 2. The number of nitrogens with one attached hydrogen (secondary N) is 2. The molecular weight excluding hydrogens is 285 g/mol. The predicted molar refractivity (Wildman–Crippen MR) is 80.7 cm³/mol. The Morgan fingerprint density at radius 2 is 2.00 bits per heavy atom. The number of H-pyrrole nitrogens is 1. The minimum absolute atomic E-state index is 0. The highest BCUT2D eigenvalue weighted by Crippen LogP contribution is 2.26. The maximum Gasteiger partial charge on any atom is 0.326 e. The van der Waals surface area contributed by atoms with Crippen molar-refractivity contribution in [1.82, 2.24) is 14.9 Å². The normalized spacial score (nSPS) is 16.5. The highest BCUT2D eigenvalue weighted by molar-refractivity contribution is 6.32. The van der Waals surface area contributed by atoms with Gasteiger partial charge in [0.1, 0.15) is 0 Å². The van der Waals surface area contributed by atoms with Gasteiger partial charge in [-0.05, 0) is 50.6 Å². The average molecular weight is 302 g/mol. The van der Waals surface area contributed by atoms with E-state index in [1.165, 1.54) is 0 Å². The van der Waals surface area contributed by atoms with Crippen LogP contribution in [0.1, 0.15) is 24.4 Å². The second-order valence-corrected chi connectivity index (χ2v) is 5.31. The second kappa shape index (κ2) is 5.57. The van der Waals surface area contributed by atoms with Crippen LogP contribution in [0.15, 0.2) is 16.9 Å². The molecule has 1 saturated heterocycles. The number of fused-ring (bicyclic) bond motifs is 1. The van der Waals surface area contributed by atoms with Gasteiger partial charge < -0.3 is 10.3 Å². The number of imidazole rings is 1. The lowest BCUT2D eigenvalue weighted by Gasteiger charge is -2.23. The van der Waals surface area contributed by atoms with E-state index in [9.17, 15) is 4.79 Å². The van der Waals surface area contributed by atoms with E-state index in [0.29, 0.717) is 5.02 Å². The zero-order valence-corrected chi connectivity index (χ0v) is 12.3. The fraction of sp³-hybridized carbons (Fsp3) is 0.462. The summed E-state index contributed by atoms with van der Waals surface area (Å²) in [6.07, 6.45) is 1.97. The lowest BCUT2D eigenvalue weighted by Crippen LogP contribution is -2.33. The van der Waals surface area contributed by atoms with Crippen molar-refractivity contribution < 1.29 is 0 Å². The molecule has 0 aliphatic carbocycles. The molecule has 2 N–H and O–H groups in total. The van der Waals surface area contributed by atoms with Crippen LogP contribution in [0, 0.1) is 6.92 Å². The van der Waals surface area contributed by atoms with E-state index in [-0.39, 0.29) is 24.1 Å². The Bertz CT molecular complexity index is 641. The Morgan fingerprint density at radius 3 is 2.68 bits per heavy atom. The third-order valence-electron chi connectivity index (χ3n) is 3.67. The highest BCUT2D eigenvalue weighted by Gasteiger charge is 2.19. The number of piperidine rings is 1. The third-order valence-corrected chi connectivity index (χ3v) is 4.08. The maximum atomic E-state index is 12.1. The number of hydrogen-bond acceptors (Lipinski definition) is 2. The van der Waals surface area contributed by atoms with Crippen LogP contribution in [-0.4, -0.2) is 22.6 Å². The van der Waals surface area contributed by atoms with Crippen LogP contribution in [0.2, 0.25) is 5.02 Å². The molecular formula is C13H17Cl2N3O. The van der Waals surface area contributed by atoms with Gasteiger partial charge in [-0.2, -0.15) is 0 Å². The van der Waals surface area contributed by atoms with Crippen molar-refractivity contribution in [2.24, 2.45) is 0 Å². The molecule has 1 aromatic carbocycles. The van der Waals surface area contributed by atoms with Crippen LogP contribution in [0.4, 0.5) is 0 Å². The molecule has 0 radical (unpaired) electrons. The minimum atomic E-state index is -0.0291. The van der Waals surface area contributed by atoms with Gasteiger partial charge in [0.15, 0.2) is 0 Å². The summed E-state index contributed by atoms with van der Waals surface area (Å²) in [4.78, 5) is 15.0. The molecule has 1 aliphatic rings. The predicted octanol–water partition coefficient (Wildman–Crippen LogP) is 2.64. The molecule has 2 aromatic rings. The third kappa shape index (κ3) is 2.53. The van der Waals surface area contributed by atoms with Crippen molar-refractivity contribution in [3.8, 4) is 0 Å². The van der Waals surface area contributed by atoms with Gasteiger partial charge in [-0.1, -0.05) is 11.6 Å². The van der Waals surface area contributed by atoms with E-state index in [0.717, 1.165) is 42.5 Å². The van der Waals surface area contributed by atoms with Gasteiger partial charge in [0.05, 0.1) is 11.0 Å². The fourth-order valence-corrected chi connectivity index (χ4v) is 2.84. The van der Waals surface area contributed by atoms with Gasteiger partial charge in [0.25, 0.3) is 0 Å². The summed E-state index contributed by atoms with van der Waals surface area (Å²) in [5.74, 6) is 0. The molecule has 0 unspecified atom stereocenters. The van der Waals surface area contributed by atoms with Gasteiger partial charge in [-0.25, -0.2) is 4.79 Å². The molecule has 2 heterocycles. The van der Waals surface area contributed by atoms with E-state index in [2.05, 4.69) is 10.3 Å². The van der Waals surface area contributed by atoms with Crippen molar-refractivity contribution in [1.29, 1.82) is 0 Å². The number of nitrogens with zero attached hydrogens (tertiary/aromatic N) is 1. The Morgan fingerprint density at radius 1 is 1.32 bits per heavy atom. The number of benzene rings is 1. The molecule has 0 amide bonds. The van der Waals surface area contributed by atoms with Crippen molar-refractivity contribution >= 4 is 35.0 Å². The number of aryl methyl sites for hydroxylation is 1. The maximum absolute atomic E-state index is 12.1. The summed E-state index contributed by atoms with van der Waals surface area (Å²) in [5.41, 5.74) is 2.75. The zero-order valence-electron chi connectivity index (χ0n) is 10.7. The van der Waals surface area contributed by atoms with Gasteiger partial charge in [-0.15, -0.1) is 12.4 Å². The highest BCUT2D eigenvalue weighted by atomic mass is 35.5. The smallest absolute Gasteiger partial charge is 0.317 e. The van der Waals surface area contributed by atoms with E-state index in [1.807, 2.05) is 23.6 Å². The summed E-state index contributed by atoms with van der Waals surface area (Å²) < 4.78 is 1.86. The second-order valence-electron chi connectivity index (χ2n) is 4.90. The molecule has 0 saturated carbocycles. The van der Waals surface area contributed by atoms with Crippen LogP contribution in [0.5, 0.6) is 0 Å². The summed E-state index contributed by atoms with van der Waals surface area (Å²) >= 11 is 6.17. The van der Waals surface area contributed by atoms with Crippen LogP contribution in [0.25, 0.3) is 11.0 Å². The Hall–Kier alpha value is -0.970. The van der Waals surface area contributed by atoms with Crippen LogP contribution >= 0.6 is 24.0 Å². The van der Waals surface area contributed by atoms with Crippen molar-refractivity contribution in [2.75, 3.05) is 13.1 Å². The standard InChI is InChI=1S/C13H16ClN3O.ClH/c1-8-6-11-12(7-10(8)14)17(13(18)16-11)9-2-4-15-5-3-9;/h6-7,9,15H,2-5H2,1H3,(H,16,18);1H. The van der Waals surface area contributed by atoms with Crippen molar-refractivity contribution in [3.63, 3.8) is 0 Å². The van der Waals surface area contributed by atoms with Gasteiger partial charge in [0.2, 0.25) is 0 Å². The van der Waals surface area contributed by atoms with Gasteiger partial charge in [-0.3, -0.25) is 4.57 Å². The lowest BCUT2D eigenvalue weighted by molar-refractivity contribution is 0.368. The Balaban J connectivity index is 0.00000133. The summed E-state index contributed by atoms with van der Waals surface area (Å²) in [7, 11) is 0. The quantitative estimate of drug-likeness (QED) is 0.851. The molecule has 19 heavy (non-hydrogen) atoms. The number of aromatic amines is 1. The molecule has 104 valence electrons. The molecule has 3 rings (SSSR count). The monoisotopic (exact) mass is 301 g/mol. The zero-order chi connectivity index (χ0) is 12.7. The molecule has 6 heteroatoms. The lowest BCUT2D eigenvalue weighted by atomic mass is 10.1. The molecule has 1 fully saturated rings. The minimum Gasteiger partial charge on any atom is -0.317 e. The number of aromatic nitrogens is 2. The average Bonchev–Trinajstić information content (AvgIpc) is 2.66. The largest absolute Gasteiger partial charge is 0.326 e. The van der Waals surface area contributed by atoms with Crippen molar-refractivity contribution in [2.45, 2.75) is 25.8 Å². The van der Waals surface area contributed by atoms with E-state index in [4.69, 9.17) is 11.6 Å². The Kier molecular flexibility index (Phi) is 4.23. The van der Waals surface area contributed by atoms with Crippen LogP contribution in [0.3, 0.4) is 0 Å². The summed E-state index contributed by atoms with van der Waals surface area (Å²) in [6.45, 7) is 3.87. The fourth-order valence-electron chi connectivity index (χ4n) is 2.68. The van der Waals surface area contributed by atoms with E-state index >= 15 is 0 Å². The molecule has 1 aliphatic heterocycles. The summed E-state index contributed by atoms with van der Waals surface area (Å²) in [5, 5.41) is 4.03. The van der Waals surface area contributed by atoms with E-state index in [1.54, 1.807) is 0 Å². The first-order valence-corrected chi connectivity index (χ1v) is 6.65. The van der Waals surface area contributed by atoms with Crippen LogP contribution < -0.4 is 11.0 Å². The first-order chi connectivity index (χ1) is 8.66. The molecule has 1 aromatic heterocycles. The Labute approximate surface area is 122 Å². The van der Waals surface area contributed by atoms with Crippen LogP contribution in [-0.2, 0) is 0 Å². The first-order valence-electron chi connectivity index (χ1n) is 6.28. The number of halogens is 2. The van der Waals surface area contributed by atoms with E-state index < -0.39 is 0 Å².